The maximum absolute atomic E-state index is 9.28. The van der Waals surface area contributed by atoms with Crippen molar-refractivity contribution in [2.45, 2.75) is 6.92 Å². The minimum absolute atomic E-state index is 0.444. The topological polar surface area (TPSA) is 52.8 Å². The number of hydrogen-bond acceptors (Lipinski definition) is 2. The van der Waals surface area contributed by atoms with Crippen molar-refractivity contribution in [2.24, 2.45) is 0 Å². The number of nitrogens with zero attached hydrogens (tertiary/aromatic N) is 2. The van der Waals surface area contributed by atoms with Crippen molar-refractivity contribution in [1.29, 1.82) is 0 Å². The van der Waals surface area contributed by atoms with Crippen molar-refractivity contribution in [3.05, 3.63) is 23.1 Å². The van der Waals surface area contributed by atoms with Gasteiger partial charge in [0.05, 0.1) is 5.02 Å². The highest BCUT2D eigenvalue weighted by Crippen LogP contribution is 2.16. The molecule has 2 aromatic heterocycles. The normalized spacial score (nSPS) is 10.8. The molecule has 0 amide bonds. The first-order valence-electron chi connectivity index (χ1n) is 3.44. The van der Waals surface area contributed by atoms with Gasteiger partial charge in [-0.2, -0.15) is 0 Å². The first-order valence-corrected chi connectivity index (χ1v) is 3.82. The van der Waals surface area contributed by atoms with E-state index in [-0.39, 0.29) is 0 Å². The molecule has 2 N–H and O–H groups in total. The summed E-state index contributed by atoms with van der Waals surface area (Å²) in [6.07, 6.45) is 1.45. The summed E-state index contributed by atoms with van der Waals surface area (Å²) in [6.45, 7) is 1.80. The van der Waals surface area contributed by atoms with E-state index >= 15 is 0 Å². The Hall–Kier alpha value is -1.29. The average molecular weight is 185 g/mol. The summed E-state index contributed by atoms with van der Waals surface area (Å²) in [6, 6.07) is 1.60. The molecule has 4 nitrogen and oxygen atoms in total. The molecular weight excluding hydrogens is 178 g/mol. The fourth-order valence-electron chi connectivity index (χ4n) is 1.10. The molecule has 0 bridgehead atoms. The predicted octanol–water partition coefficient (Wildman–Crippen LogP) is 1.05. The van der Waals surface area contributed by atoms with E-state index in [0.29, 0.717) is 16.2 Å². The van der Waals surface area contributed by atoms with Crippen LogP contribution in [0, 0.1) is 6.92 Å². The monoisotopic (exact) mass is 184 g/mol. The fourth-order valence-corrected chi connectivity index (χ4v) is 1.29. The maximum atomic E-state index is 9.28. The molecule has 0 unspecified atom stereocenters. The molecule has 62 valence electrons. The number of rotatable bonds is 0. The van der Waals surface area contributed by atoms with Crippen LogP contribution in [0.5, 0.6) is 0 Å². The zero-order chi connectivity index (χ0) is 8.72. The van der Waals surface area contributed by atoms with Gasteiger partial charge in [0.25, 0.3) is 0 Å². The van der Waals surface area contributed by atoms with Crippen LogP contribution in [0.15, 0.2) is 12.3 Å². The number of halogens is 1. The number of aromatic amines is 1. The van der Waals surface area contributed by atoms with E-state index in [4.69, 9.17) is 11.6 Å². The maximum Gasteiger partial charge on any atom is 0.388 e. The number of aryl methyl sites for hydroxylation is 1. The van der Waals surface area contributed by atoms with Crippen LogP contribution in [-0.2, 0) is 0 Å². The first-order chi connectivity index (χ1) is 5.68. The number of pyridine rings is 1. The summed E-state index contributed by atoms with van der Waals surface area (Å²) >= 11 is 5.85. The smallest absolute Gasteiger partial charge is 0.350 e. The van der Waals surface area contributed by atoms with E-state index in [0.717, 1.165) is 10.6 Å². The Morgan fingerprint density at radius 3 is 3.08 bits per heavy atom. The summed E-state index contributed by atoms with van der Waals surface area (Å²) < 4.78 is 0.935. The van der Waals surface area contributed by atoms with Crippen LogP contribution in [-0.4, -0.2) is 15.2 Å². The zero-order valence-electron chi connectivity index (χ0n) is 6.37. The van der Waals surface area contributed by atoms with Crippen molar-refractivity contribution in [3.63, 3.8) is 0 Å². The third kappa shape index (κ3) is 0.921. The molecule has 0 fully saturated rings. The highest BCUT2D eigenvalue weighted by Gasteiger charge is 2.15. The molecule has 0 saturated carbocycles. The van der Waals surface area contributed by atoms with Crippen molar-refractivity contribution in [2.75, 3.05) is 0 Å². The van der Waals surface area contributed by atoms with Gasteiger partial charge in [0.15, 0.2) is 5.52 Å². The Labute approximate surface area is 73.4 Å². The molecule has 12 heavy (non-hydrogen) atoms. The summed E-state index contributed by atoms with van der Waals surface area (Å²) in [4.78, 5) is 6.99. The highest BCUT2D eigenvalue weighted by molar-refractivity contribution is 6.34. The van der Waals surface area contributed by atoms with Crippen LogP contribution in [0.3, 0.4) is 0 Å². The number of imidazole rings is 1. The van der Waals surface area contributed by atoms with Gasteiger partial charge in [0.1, 0.15) is 6.20 Å². The fraction of sp³-hybridized carbons (Fsp3) is 0.143. The van der Waals surface area contributed by atoms with Crippen molar-refractivity contribution in [1.82, 2.24) is 9.97 Å². The molecule has 0 aromatic carbocycles. The summed E-state index contributed by atoms with van der Waals surface area (Å²) in [5.74, 6) is 0.723. The van der Waals surface area contributed by atoms with Crippen LogP contribution in [0.1, 0.15) is 5.82 Å². The molecule has 2 rings (SSSR count). The second kappa shape index (κ2) is 2.35. The van der Waals surface area contributed by atoms with E-state index in [2.05, 4.69) is 9.97 Å². The zero-order valence-corrected chi connectivity index (χ0v) is 7.13. The lowest BCUT2D eigenvalue weighted by Gasteiger charge is -1.89. The molecule has 2 aromatic rings. The molecule has 0 spiro atoms. The third-order valence-electron chi connectivity index (χ3n) is 1.62. The average Bonchev–Trinajstić information content (AvgIpc) is 2.41. The van der Waals surface area contributed by atoms with Gasteiger partial charge < -0.3 is 10.2 Å². The molecule has 2 heterocycles. The van der Waals surface area contributed by atoms with E-state index in [1.807, 2.05) is 0 Å². The van der Waals surface area contributed by atoms with Crippen LogP contribution in [0.4, 0.5) is 0 Å². The Morgan fingerprint density at radius 1 is 1.67 bits per heavy atom. The molecule has 0 aliphatic heterocycles. The summed E-state index contributed by atoms with van der Waals surface area (Å²) in [5.41, 5.74) is 1.10. The summed E-state index contributed by atoms with van der Waals surface area (Å²) in [5, 5.41) is 9.84. The number of aromatic nitrogens is 3. The lowest BCUT2D eigenvalue weighted by molar-refractivity contribution is -0.885. The van der Waals surface area contributed by atoms with Gasteiger partial charge in [-0.15, -0.1) is 0 Å². The molecule has 0 aliphatic carbocycles. The molecule has 5 heteroatoms. The number of H-pyrrole nitrogens is 1. The van der Waals surface area contributed by atoms with Gasteiger partial charge in [-0.05, 0) is 9.71 Å². The van der Waals surface area contributed by atoms with Crippen molar-refractivity contribution in [3.8, 4) is 0 Å². The Bertz CT molecular complexity index is 398. The summed E-state index contributed by atoms with van der Waals surface area (Å²) in [7, 11) is 0. The Balaban J connectivity index is 2.93. The standard InChI is InChI=1S/C7H6ClN3O/c1-4-9-6-5(8)2-3-11(12)7(6)10-4/h2-3,12H,1H3/p+1. The third-order valence-corrected chi connectivity index (χ3v) is 1.94. The molecular formula is C7H7ClN3O+. The molecule has 0 radical (unpaired) electrons. The van der Waals surface area contributed by atoms with Gasteiger partial charge in [-0.3, -0.25) is 0 Å². The van der Waals surface area contributed by atoms with E-state index in [1.54, 1.807) is 13.0 Å². The van der Waals surface area contributed by atoms with Crippen molar-refractivity contribution >= 4 is 22.8 Å². The Morgan fingerprint density at radius 2 is 2.42 bits per heavy atom. The second-order valence-corrected chi connectivity index (χ2v) is 2.94. The minimum Gasteiger partial charge on any atom is -0.350 e. The molecule has 0 saturated heterocycles. The van der Waals surface area contributed by atoms with Gasteiger partial charge in [-0.25, -0.2) is 0 Å². The van der Waals surface area contributed by atoms with Gasteiger partial charge in [-0.1, -0.05) is 11.6 Å². The number of nitrogens with one attached hydrogen (secondary N) is 1. The van der Waals surface area contributed by atoms with Crippen LogP contribution < -0.4 is 4.73 Å². The van der Waals surface area contributed by atoms with E-state index in [9.17, 15) is 5.21 Å². The van der Waals surface area contributed by atoms with Gasteiger partial charge in [0, 0.05) is 13.0 Å². The van der Waals surface area contributed by atoms with Crippen LogP contribution in [0.2, 0.25) is 5.02 Å². The first kappa shape index (κ1) is 7.36. The predicted molar refractivity (Wildman–Crippen MR) is 43.2 cm³/mol. The Kier molecular flexibility index (Phi) is 1.44. The number of hydrogen-bond donors (Lipinski definition) is 2. The van der Waals surface area contributed by atoms with Gasteiger partial charge in [0.2, 0.25) is 5.82 Å². The lowest BCUT2D eigenvalue weighted by atomic mass is 10.4. The number of fused-ring (bicyclic) bond motifs is 1. The van der Waals surface area contributed by atoms with E-state index in [1.165, 1.54) is 6.20 Å². The second-order valence-electron chi connectivity index (χ2n) is 2.53. The largest absolute Gasteiger partial charge is 0.388 e. The van der Waals surface area contributed by atoms with Gasteiger partial charge >= 0.3 is 5.65 Å². The van der Waals surface area contributed by atoms with Crippen LogP contribution in [0.25, 0.3) is 11.2 Å². The van der Waals surface area contributed by atoms with E-state index < -0.39 is 0 Å². The van der Waals surface area contributed by atoms with Crippen molar-refractivity contribution < 1.29 is 9.94 Å². The quantitative estimate of drug-likeness (QED) is 0.475. The lowest BCUT2D eigenvalue weighted by Crippen LogP contribution is -2.30. The minimum atomic E-state index is 0.444. The SMILES string of the molecule is Cc1nc2c([nH]1)c(Cl)cc[n+]2O. The molecule has 0 atom stereocenters. The molecule has 0 aliphatic rings. The van der Waals surface area contributed by atoms with Crippen LogP contribution >= 0.6 is 11.6 Å². The highest BCUT2D eigenvalue weighted by atomic mass is 35.5.